The molecular weight excluding hydrogens is 516 g/mol. The molecule has 1 aromatic rings. The third-order valence-electron chi connectivity index (χ3n) is 6.77. The zero-order valence-corrected chi connectivity index (χ0v) is 21.8. The first kappa shape index (κ1) is 31.6. The number of rotatable bonds is 13. The quantitative estimate of drug-likeness (QED) is 0.226. The monoisotopic (exact) mass is 552 g/mol. The number of carboxylic acids is 5. The summed E-state index contributed by atoms with van der Waals surface area (Å²) < 4.78 is 0. The minimum Gasteiger partial charge on any atom is -0.481 e. The number of nitrogens with zero attached hydrogens (tertiary/aromatic N) is 4. The minimum atomic E-state index is -1.25. The van der Waals surface area contributed by atoms with Gasteiger partial charge in [-0.3, -0.25) is 43.7 Å². The second kappa shape index (κ2) is 15.1. The minimum absolute atomic E-state index is 0.0187. The molecule has 1 aromatic heterocycles. The predicted molar refractivity (Wildman–Crippen MR) is 135 cm³/mol. The Bertz CT molecular complexity index is 1040. The molecule has 1 aliphatic heterocycles. The second-order valence-corrected chi connectivity index (χ2v) is 9.43. The number of carbonyl (C=O) groups is 5. The maximum atomic E-state index is 12.2. The molecule has 3 atom stereocenters. The molecule has 14 nitrogen and oxygen atoms in total. The smallest absolute Gasteiger partial charge is 0.320 e. The zero-order chi connectivity index (χ0) is 29.1. The Balaban J connectivity index is 2.52. The summed E-state index contributed by atoms with van der Waals surface area (Å²) in [5.41, 5.74) is 1.03. The summed E-state index contributed by atoms with van der Waals surface area (Å²) in [4.78, 5) is 68.0. The first-order valence-electron chi connectivity index (χ1n) is 12.7. The summed E-state index contributed by atoms with van der Waals surface area (Å²) in [5.74, 6) is -5.84. The van der Waals surface area contributed by atoms with E-state index in [1.165, 1.54) is 9.80 Å². The molecule has 1 aliphatic rings. The van der Waals surface area contributed by atoms with E-state index in [1.807, 2.05) is 0 Å². The van der Waals surface area contributed by atoms with Crippen LogP contribution in [0.3, 0.4) is 0 Å². The number of aromatic nitrogens is 1. The Morgan fingerprint density at radius 1 is 0.692 bits per heavy atom. The molecule has 216 valence electrons. The standard InChI is InChI=1S/C25H36N4O10/c1-2-18(23(34)35)28-12-10-27(19(24(36)37)6-8-21(30)31)11-13-29(20(25(38)39)7-9-22(32)33)15-17-5-3-4-16(14-28)26-17/h3-5,18-20H,2,6-15H2,1H3,(H,30,31)(H,32,33)(H,34,35)(H,36,37)(H,38,39). The van der Waals surface area contributed by atoms with Gasteiger partial charge in [0.05, 0.1) is 11.4 Å². The third-order valence-corrected chi connectivity index (χ3v) is 6.77. The van der Waals surface area contributed by atoms with Crippen LogP contribution in [0.25, 0.3) is 0 Å². The van der Waals surface area contributed by atoms with Crippen LogP contribution in [0.1, 0.15) is 50.4 Å². The van der Waals surface area contributed by atoms with Gasteiger partial charge >= 0.3 is 29.8 Å². The normalized spacial score (nSPS) is 18.2. The van der Waals surface area contributed by atoms with Crippen LogP contribution in [0.15, 0.2) is 18.2 Å². The van der Waals surface area contributed by atoms with Gasteiger partial charge in [-0.2, -0.15) is 0 Å². The lowest BCUT2D eigenvalue weighted by Crippen LogP contribution is -2.52. The summed E-state index contributed by atoms with van der Waals surface area (Å²) in [6.45, 7) is 2.14. The van der Waals surface area contributed by atoms with Crippen LogP contribution in [-0.2, 0) is 37.1 Å². The van der Waals surface area contributed by atoms with Crippen molar-refractivity contribution in [3.8, 4) is 0 Å². The van der Waals surface area contributed by atoms with Crippen molar-refractivity contribution in [3.05, 3.63) is 29.6 Å². The van der Waals surface area contributed by atoms with Gasteiger partial charge in [0.25, 0.3) is 0 Å². The maximum Gasteiger partial charge on any atom is 0.320 e. The Morgan fingerprint density at radius 2 is 1.08 bits per heavy atom. The molecule has 2 rings (SSSR count). The first-order valence-corrected chi connectivity index (χ1v) is 12.7. The number of fused-ring (bicyclic) bond motifs is 2. The van der Waals surface area contributed by atoms with E-state index in [0.717, 1.165) is 0 Å². The lowest BCUT2D eigenvalue weighted by atomic mass is 10.1. The van der Waals surface area contributed by atoms with E-state index >= 15 is 0 Å². The molecule has 14 heteroatoms. The Kier molecular flexibility index (Phi) is 12.2. The van der Waals surface area contributed by atoms with Crippen LogP contribution >= 0.6 is 0 Å². The fourth-order valence-electron chi connectivity index (χ4n) is 4.78. The second-order valence-electron chi connectivity index (χ2n) is 9.43. The van der Waals surface area contributed by atoms with E-state index in [4.69, 9.17) is 10.2 Å². The van der Waals surface area contributed by atoms with Crippen LogP contribution in [0.5, 0.6) is 0 Å². The zero-order valence-electron chi connectivity index (χ0n) is 21.8. The fourth-order valence-corrected chi connectivity index (χ4v) is 4.78. The molecular formula is C25H36N4O10. The average molecular weight is 553 g/mol. The van der Waals surface area contributed by atoms with Gasteiger partial charge in [0, 0.05) is 52.1 Å². The highest BCUT2D eigenvalue weighted by atomic mass is 16.4. The van der Waals surface area contributed by atoms with Crippen molar-refractivity contribution in [1.82, 2.24) is 19.7 Å². The first-order chi connectivity index (χ1) is 18.4. The molecule has 39 heavy (non-hydrogen) atoms. The topological polar surface area (TPSA) is 209 Å². The van der Waals surface area contributed by atoms with Crippen molar-refractivity contribution in [3.63, 3.8) is 0 Å². The van der Waals surface area contributed by atoms with Gasteiger partial charge in [-0.1, -0.05) is 13.0 Å². The van der Waals surface area contributed by atoms with E-state index in [2.05, 4.69) is 4.98 Å². The van der Waals surface area contributed by atoms with Gasteiger partial charge in [-0.15, -0.1) is 0 Å². The van der Waals surface area contributed by atoms with E-state index in [-0.39, 0.29) is 65.0 Å². The number of carboxylic acid groups (broad SMARTS) is 5. The van der Waals surface area contributed by atoms with Crippen LogP contribution < -0.4 is 0 Å². The molecule has 0 spiro atoms. The summed E-state index contributed by atoms with van der Waals surface area (Å²) >= 11 is 0. The largest absolute Gasteiger partial charge is 0.481 e. The lowest BCUT2D eigenvalue weighted by molar-refractivity contribution is -0.148. The highest BCUT2D eigenvalue weighted by Crippen LogP contribution is 2.18. The van der Waals surface area contributed by atoms with E-state index < -0.39 is 54.4 Å². The molecule has 5 N–H and O–H groups in total. The molecule has 0 amide bonds. The third kappa shape index (κ3) is 9.89. The summed E-state index contributed by atoms with van der Waals surface area (Å²) in [7, 11) is 0. The molecule has 2 bridgehead atoms. The van der Waals surface area contributed by atoms with Crippen LogP contribution in [0, 0.1) is 0 Å². The van der Waals surface area contributed by atoms with Crippen molar-refractivity contribution in [1.29, 1.82) is 0 Å². The van der Waals surface area contributed by atoms with Gasteiger partial charge in [0.15, 0.2) is 0 Å². The molecule has 0 radical (unpaired) electrons. The van der Waals surface area contributed by atoms with Gasteiger partial charge in [-0.05, 0) is 31.4 Å². The number of hydrogen-bond donors (Lipinski definition) is 5. The summed E-state index contributed by atoms with van der Waals surface area (Å²) in [5, 5.41) is 47.9. The van der Waals surface area contributed by atoms with Crippen LogP contribution in [0.2, 0.25) is 0 Å². The van der Waals surface area contributed by atoms with Crippen molar-refractivity contribution >= 4 is 29.8 Å². The van der Waals surface area contributed by atoms with Gasteiger partial charge < -0.3 is 25.5 Å². The van der Waals surface area contributed by atoms with Crippen molar-refractivity contribution in [2.75, 3.05) is 26.2 Å². The number of aliphatic carboxylic acids is 5. The molecule has 0 saturated heterocycles. The van der Waals surface area contributed by atoms with E-state index in [0.29, 0.717) is 11.4 Å². The molecule has 0 saturated carbocycles. The lowest BCUT2D eigenvalue weighted by Gasteiger charge is -2.36. The van der Waals surface area contributed by atoms with Crippen LogP contribution in [0.4, 0.5) is 0 Å². The molecule has 3 unspecified atom stereocenters. The van der Waals surface area contributed by atoms with E-state index in [9.17, 15) is 39.3 Å². The van der Waals surface area contributed by atoms with Crippen molar-refractivity contribution in [2.24, 2.45) is 0 Å². The molecule has 0 fully saturated rings. The fraction of sp³-hybridized carbons (Fsp3) is 0.600. The van der Waals surface area contributed by atoms with Gasteiger partial charge in [0.2, 0.25) is 0 Å². The van der Waals surface area contributed by atoms with E-state index in [1.54, 1.807) is 30.0 Å². The predicted octanol–water partition coefficient (Wildman–Crippen LogP) is 0.500. The molecule has 2 heterocycles. The van der Waals surface area contributed by atoms with Crippen molar-refractivity contribution in [2.45, 2.75) is 70.2 Å². The highest BCUT2D eigenvalue weighted by Gasteiger charge is 2.32. The summed E-state index contributed by atoms with van der Waals surface area (Å²) in [6.07, 6.45) is -0.894. The SMILES string of the molecule is CCC(C(=O)O)N1CCN(C(CCC(=O)O)C(=O)O)CCN(C(CCC(=O)O)C(=O)O)Cc2cccc(n2)C1. The molecule has 0 aliphatic carbocycles. The number of pyridine rings is 1. The van der Waals surface area contributed by atoms with Crippen molar-refractivity contribution < 1.29 is 49.5 Å². The Hall–Kier alpha value is -3.62. The Labute approximate surface area is 225 Å². The van der Waals surface area contributed by atoms with Crippen LogP contribution in [-0.4, -0.2) is 119 Å². The van der Waals surface area contributed by atoms with Gasteiger partial charge in [-0.25, -0.2) is 0 Å². The highest BCUT2D eigenvalue weighted by molar-refractivity contribution is 5.76. The average Bonchev–Trinajstić information content (AvgIpc) is 2.83. The molecule has 0 aromatic carbocycles. The summed E-state index contributed by atoms with van der Waals surface area (Å²) in [6, 6.07) is 1.86. The number of hydrogen-bond acceptors (Lipinski definition) is 9. The maximum absolute atomic E-state index is 12.2. The Morgan fingerprint density at radius 3 is 1.46 bits per heavy atom. The van der Waals surface area contributed by atoms with Gasteiger partial charge in [0.1, 0.15) is 18.1 Å².